The number of nitrogens with one attached hydrogen (secondary N) is 1. The second-order valence-electron chi connectivity index (χ2n) is 7.05. The molecule has 0 aromatic heterocycles. The van der Waals surface area contributed by atoms with Crippen LogP contribution in [-0.2, 0) is 0 Å². The predicted molar refractivity (Wildman–Crippen MR) is 80.9 cm³/mol. The molecule has 1 fully saturated rings. The molecule has 1 aliphatic rings. The van der Waals surface area contributed by atoms with Crippen LogP contribution in [0.1, 0.15) is 53.4 Å². The predicted octanol–water partition coefficient (Wildman–Crippen LogP) is 3.38. The first-order chi connectivity index (χ1) is 8.41. The van der Waals surface area contributed by atoms with Crippen LogP contribution in [0.4, 0.5) is 0 Å². The van der Waals surface area contributed by atoms with Gasteiger partial charge in [-0.1, -0.05) is 40.5 Å². The maximum Gasteiger partial charge on any atom is 0.0237 e. The first-order valence-electron chi connectivity index (χ1n) is 7.81. The normalized spacial score (nSPS) is 27.2. The average molecular weight is 254 g/mol. The summed E-state index contributed by atoms with van der Waals surface area (Å²) in [6, 6.07) is 1.41. The maximum atomic E-state index is 3.83. The number of nitrogens with zero attached hydrogens (tertiary/aromatic N) is 1. The molecule has 2 nitrogen and oxygen atoms in total. The summed E-state index contributed by atoms with van der Waals surface area (Å²) < 4.78 is 0. The van der Waals surface area contributed by atoms with Crippen molar-refractivity contribution in [2.45, 2.75) is 65.5 Å². The molecule has 1 saturated carbocycles. The molecule has 108 valence electrons. The van der Waals surface area contributed by atoms with Crippen LogP contribution in [0.3, 0.4) is 0 Å². The SMILES string of the molecule is CC(C)C1CCCC(NCC(C(C)C)N(C)C)C1. The van der Waals surface area contributed by atoms with Crippen molar-refractivity contribution in [2.75, 3.05) is 20.6 Å². The van der Waals surface area contributed by atoms with Crippen molar-refractivity contribution in [3.05, 3.63) is 0 Å². The van der Waals surface area contributed by atoms with E-state index in [1.165, 1.54) is 25.7 Å². The van der Waals surface area contributed by atoms with E-state index in [1.807, 2.05) is 0 Å². The fraction of sp³-hybridized carbons (Fsp3) is 1.00. The molecular formula is C16H34N2. The summed E-state index contributed by atoms with van der Waals surface area (Å²) >= 11 is 0. The Morgan fingerprint density at radius 3 is 2.28 bits per heavy atom. The summed E-state index contributed by atoms with van der Waals surface area (Å²) in [5.74, 6) is 2.51. The number of likely N-dealkylation sites (N-methyl/N-ethyl adjacent to an activating group) is 1. The van der Waals surface area contributed by atoms with Gasteiger partial charge in [-0.3, -0.25) is 0 Å². The van der Waals surface area contributed by atoms with E-state index in [4.69, 9.17) is 0 Å². The lowest BCUT2D eigenvalue weighted by Crippen LogP contribution is -2.46. The Labute approximate surface area is 115 Å². The molecule has 0 aromatic carbocycles. The highest BCUT2D eigenvalue weighted by molar-refractivity contribution is 4.82. The molecule has 2 heteroatoms. The lowest BCUT2D eigenvalue weighted by Gasteiger charge is -2.35. The molecule has 0 radical (unpaired) electrons. The summed E-state index contributed by atoms with van der Waals surface area (Å²) in [5, 5.41) is 3.83. The standard InChI is InChI=1S/C16H34N2/c1-12(2)14-8-7-9-15(10-14)17-11-16(13(3)4)18(5)6/h12-17H,7-11H2,1-6H3. The van der Waals surface area contributed by atoms with E-state index in [0.717, 1.165) is 30.3 Å². The van der Waals surface area contributed by atoms with Gasteiger partial charge >= 0.3 is 0 Å². The van der Waals surface area contributed by atoms with E-state index in [0.29, 0.717) is 6.04 Å². The zero-order chi connectivity index (χ0) is 13.7. The van der Waals surface area contributed by atoms with Crippen molar-refractivity contribution in [1.82, 2.24) is 10.2 Å². The Hall–Kier alpha value is -0.0800. The van der Waals surface area contributed by atoms with Gasteiger partial charge in [0.1, 0.15) is 0 Å². The van der Waals surface area contributed by atoms with Gasteiger partial charge in [0.05, 0.1) is 0 Å². The van der Waals surface area contributed by atoms with Crippen LogP contribution in [0, 0.1) is 17.8 Å². The Morgan fingerprint density at radius 1 is 1.11 bits per heavy atom. The van der Waals surface area contributed by atoms with E-state index >= 15 is 0 Å². The summed E-state index contributed by atoms with van der Waals surface area (Å²) in [6.45, 7) is 10.5. The van der Waals surface area contributed by atoms with E-state index in [2.05, 4.69) is 52.0 Å². The van der Waals surface area contributed by atoms with Gasteiger partial charge in [0.15, 0.2) is 0 Å². The van der Waals surface area contributed by atoms with Crippen molar-refractivity contribution in [3.8, 4) is 0 Å². The third-order valence-electron chi connectivity index (χ3n) is 4.71. The molecule has 0 aromatic rings. The smallest absolute Gasteiger partial charge is 0.0237 e. The first-order valence-corrected chi connectivity index (χ1v) is 7.81. The van der Waals surface area contributed by atoms with Gasteiger partial charge in [-0.05, 0) is 44.7 Å². The van der Waals surface area contributed by atoms with Gasteiger partial charge in [0, 0.05) is 18.6 Å². The summed E-state index contributed by atoms with van der Waals surface area (Å²) in [6.07, 6.45) is 5.61. The maximum absolute atomic E-state index is 3.83. The fourth-order valence-corrected chi connectivity index (χ4v) is 3.32. The molecule has 0 amide bonds. The molecule has 0 aliphatic heterocycles. The van der Waals surface area contributed by atoms with Gasteiger partial charge < -0.3 is 10.2 Å². The third kappa shape index (κ3) is 4.89. The Balaban J connectivity index is 2.38. The number of hydrogen-bond donors (Lipinski definition) is 1. The van der Waals surface area contributed by atoms with Crippen LogP contribution in [-0.4, -0.2) is 37.6 Å². The van der Waals surface area contributed by atoms with Gasteiger partial charge in [-0.25, -0.2) is 0 Å². The Morgan fingerprint density at radius 2 is 1.78 bits per heavy atom. The molecule has 0 heterocycles. The van der Waals surface area contributed by atoms with Crippen molar-refractivity contribution in [3.63, 3.8) is 0 Å². The minimum atomic E-state index is 0.657. The number of hydrogen-bond acceptors (Lipinski definition) is 2. The minimum Gasteiger partial charge on any atom is -0.312 e. The van der Waals surface area contributed by atoms with Gasteiger partial charge in [0.25, 0.3) is 0 Å². The van der Waals surface area contributed by atoms with Crippen LogP contribution in [0.5, 0.6) is 0 Å². The van der Waals surface area contributed by atoms with Crippen molar-refractivity contribution >= 4 is 0 Å². The van der Waals surface area contributed by atoms with E-state index in [-0.39, 0.29) is 0 Å². The molecule has 1 N–H and O–H groups in total. The topological polar surface area (TPSA) is 15.3 Å². The summed E-state index contributed by atoms with van der Waals surface area (Å²) in [5.41, 5.74) is 0. The highest BCUT2D eigenvalue weighted by Gasteiger charge is 2.25. The van der Waals surface area contributed by atoms with Gasteiger partial charge in [-0.15, -0.1) is 0 Å². The van der Waals surface area contributed by atoms with Crippen LogP contribution < -0.4 is 5.32 Å². The summed E-state index contributed by atoms with van der Waals surface area (Å²) in [7, 11) is 4.40. The Kier molecular flexibility index (Phi) is 6.65. The van der Waals surface area contributed by atoms with E-state index < -0.39 is 0 Å². The molecule has 0 saturated heterocycles. The molecular weight excluding hydrogens is 220 g/mol. The lowest BCUT2D eigenvalue weighted by molar-refractivity contribution is 0.190. The molecule has 18 heavy (non-hydrogen) atoms. The minimum absolute atomic E-state index is 0.657. The van der Waals surface area contributed by atoms with Crippen LogP contribution in [0.25, 0.3) is 0 Å². The molecule has 1 aliphatic carbocycles. The third-order valence-corrected chi connectivity index (χ3v) is 4.71. The lowest BCUT2D eigenvalue weighted by atomic mass is 9.79. The summed E-state index contributed by atoms with van der Waals surface area (Å²) in [4.78, 5) is 2.36. The zero-order valence-corrected chi connectivity index (χ0v) is 13.4. The largest absolute Gasteiger partial charge is 0.312 e. The highest BCUT2D eigenvalue weighted by Crippen LogP contribution is 2.29. The van der Waals surface area contributed by atoms with Crippen molar-refractivity contribution in [1.29, 1.82) is 0 Å². The van der Waals surface area contributed by atoms with Crippen molar-refractivity contribution < 1.29 is 0 Å². The molecule has 0 spiro atoms. The highest BCUT2D eigenvalue weighted by atomic mass is 15.1. The number of rotatable bonds is 6. The molecule has 3 unspecified atom stereocenters. The zero-order valence-electron chi connectivity index (χ0n) is 13.4. The monoisotopic (exact) mass is 254 g/mol. The van der Waals surface area contributed by atoms with Crippen LogP contribution >= 0.6 is 0 Å². The van der Waals surface area contributed by atoms with E-state index in [9.17, 15) is 0 Å². The second-order valence-corrected chi connectivity index (χ2v) is 7.05. The van der Waals surface area contributed by atoms with Crippen LogP contribution in [0.2, 0.25) is 0 Å². The van der Waals surface area contributed by atoms with E-state index in [1.54, 1.807) is 0 Å². The second kappa shape index (κ2) is 7.49. The average Bonchev–Trinajstić information content (AvgIpc) is 2.28. The quantitative estimate of drug-likeness (QED) is 0.782. The molecule has 1 rings (SSSR count). The molecule has 3 atom stereocenters. The van der Waals surface area contributed by atoms with Crippen molar-refractivity contribution in [2.24, 2.45) is 17.8 Å². The Bertz CT molecular complexity index is 215. The first kappa shape index (κ1) is 16.0. The molecule has 0 bridgehead atoms. The fourth-order valence-electron chi connectivity index (χ4n) is 3.32. The van der Waals surface area contributed by atoms with Gasteiger partial charge in [-0.2, -0.15) is 0 Å². The van der Waals surface area contributed by atoms with Crippen LogP contribution in [0.15, 0.2) is 0 Å². The van der Waals surface area contributed by atoms with Gasteiger partial charge in [0.2, 0.25) is 0 Å².